The minimum Gasteiger partial charge on any atom is -0.457 e. The number of benzene rings is 2. The summed E-state index contributed by atoms with van der Waals surface area (Å²) in [5.74, 6) is -0.747. The summed E-state index contributed by atoms with van der Waals surface area (Å²) in [6, 6.07) is 13.6. The number of nitrogens with zero attached hydrogens (tertiary/aromatic N) is 1. The highest BCUT2D eigenvalue weighted by atomic mass is 79.9. The maximum Gasteiger partial charge on any atom is 0.306 e. The van der Waals surface area contributed by atoms with E-state index in [9.17, 15) is 18.0 Å². The smallest absolute Gasteiger partial charge is 0.306 e. The van der Waals surface area contributed by atoms with Gasteiger partial charge in [0.1, 0.15) is 0 Å². The third-order valence-electron chi connectivity index (χ3n) is 5.03. The second kappa shape index (κ2) is 10.3. The number of carbonyl (C=O) groups excluding carboxylic acids is 2. The van der Waals surface area contributed by atoms with E-state index in [0.29, 0.717) is 29.5 Å². The van der Waals surface area contributed by atoms with Crippen LogP contribution < -0.4 is 0 Å². The molecule has 0 radical (unpaired) electrons. The first-order valence-electron chi connectivity index (χ1n) is 9.90. The molecule has 0 N–H and O–H groups in total. The van der Waals surface area contributed by atoms with E-state index in [-0.39, 0.29) is 23.7 Å². The quantitative estimate of drug-likeness (QED) is 0.410. The summed E-state index contributed by atoms with van der Waals surface area (Å²) in [6.45, 7) is 0.816. The first kappa shape index (κ1) is 22.7. The third kappa shape index (κ3) is 5.77. The largest absolute Gasteiger partial charge is 0.457 e. The van der Waals surface area contributed by atoms with E-state index >= 15 is 0 Å². The summed E-state index contributed by atoms with van der Waals surface area (Å²) in [5.41, 5.74) is 1.30. The molecular weight excluding hydrogens is 470 g/mol. The standard InChI is InChI=1S/C22H24BrNO5S/c23-20-7-3-2-6-19(20)21(25)16-29-22(26)13-10-17-8-11-18(12-9-17)30(27,28)24-14-4-1-5-15-24/h2-3,6-9,11-12H,1,4-5,10,13-16H2. The van der Waals surface area contributed by atoms with Crippen molar-refractivity contribution in [1.82, 2.24) is 4.31 Å². The number of esters is 1. The van der Waals surface area contributed by atoms with Gasteiger partial charge in [0, 0.05) is 29.5 Å². The molecule has 3 rings (SSSR count). The summed E-state index contributed by atoms with van der Waals surface area (Å²) in [6.07, 6.45) is 3.37. The van der Waals surface area contributed by atoms with Gasteiger partial charge in [0.15, 0.2) is 6.61 Å². The summed E-state index contributed by atoms with van der Waals surface area (Å²) >= 11 is 3.30. The normalized spacial score (nSPS) is 15.0. The molecule has 0 spiro atoms. The zero-order valence-electron chi connectivity index (χ0n) is 16.6. The second-order valence-electron chi connectivity index (χ2n) is 7.17. The van der Waals surface area contributed by atoms with Crippen LogP contribution in [-0.4, -0.2) is 44.2 Å². The second-order valence-corrected chi connectivity index (χ2v) is 9.96. The Morgan fingerprint density at radius 3 is 2.30 bits per heavy atom. The van der Waals surface area contributed by atoms with Crippen molar-refractivity contribution in [2.75, 3.05) is 19.7 Å². The van der Waals surface area contributed by atoms with E-state index < -0.39 is 16.0 Å². The van der Waals surface area contributed by atoms with Gasteiger partial charge in [-0.05, 0) is 43.0 Å². The lowest BCUT2D eigenvalue weighted by atomic mass is 10.1. The van der Waals surface area contributed by atoms with Gasteiger partial charge in [0.25, 0.3) is 0 Å². The Balaban J connectivity index is 1.49. The Morgan fingerprint density at radius 2 is 1.63 bits per heavy atom. The Hall–Kier alpha value is -2.03. The van der Waals surface area contributed by atoms with E-state index in [1.165, 1.54) is 4.31 Å². The molecule has 1 saturated heterocycles. The number of carbonyl (C=O) groups is 2. The molecule has 0 saturated carbocycles. The highest BCUT2D eigenvalue weighted by Crippen LogP contribution is 2.21. The molecular formula is C22H24BrNO5S. The van der Waals surface area contributed by atoms with Gasteiger partial charge >= 0.3 is 5.97 Å². The molecule has 2 aromatic rings. The van der Waals surface area contributed by atoms with E-state index in [1.807, 2.05) is 0 Å². The van der Waals surface area contributed by atoms with Crippen molar-refractivity contribution in [2.24, 2.45) is 0 Å². The number of rotatable bonds is 8. The topological polar surface area (TPSA) is 80.8 Å². The number of aryl methyl sites for hydroxylation is 1. The number of sulfonamides is 1. The first-order chi connectivity index (χ1) is 14.4. The molecule has 1 aliphatic heterocycles. The molecule has 0 aromatic heterocycles. The highest BCUT2D eigenvalue weighted by Gasteiger charge is 2.25. The number of ketones is 1. The van der Waals surface area contributed by atoms with Crippen LogP contribution in [0.25, 0.3) is 0 Å². The van der Waals surface area contributed by atoms with Crippen molar-refractivity contribution < 1.29 is 22.7 Å². The van der Waals surface area contributed by atoms with Gasteiger partial charge in [-0.1, -0.05) is 52.7 Å². The monoisotopic (exact) mass is 493 g/mol. The van der Waals surface area contributed by atoms with Crippen LogP contribution in [-0.2, 0) is 26.0 Å². The van der Waals surface area contributed by atoms with Crippen molar-refractivity contribution >= 4 is 37.7 Å². The maximum absolute atomic E-state index is 12.7. The molecule has 0 bridgehead atoms. The fraction of sp³-hybridized carbons (Fsp3) is 0.364. The number of hydrogen-bond acceptors (Lipinski definition) is 5. The molecule has 160 valence electrons. The zero-order chi connectivity index (χ0) is 21.6. The molecule has 6 nitrogen and oxygen atoms in total. The summed E-state index contributed by atoms with van der Waals surface area (Å²) in [5, 5.41) is 0. The zero-order valence-corrected chi connectivity index (χ0v) is 19.0. The van der Waals surface area contributed by atoms with Gasteiger partial charge in [-0.25, -0.2) is 8.42 Å². The van der Waals surface area contributed by atoms with E-state index in [1.54, 1.807) is 48.5 Å². The maximum atomic E-state index is 12.7. The van der Waals surface area contributed by atoms with Crippen molar-refractivity contribution in [3.05, 3.63) is 64.1 Å². The Bertz CT molecular complexity index is 998. The lowest BCUT2D eigenvalue weighted by Crippen LogP contribution is -2.35. The molecule has 0 unspecified atom stereocenters. The minimum absolute atomic E-state index is 0.113. The molecule has 0 amide bonds. The SMILES string of the molecule is O=C(CCc1ccc(S(=O)(=O)N2CCCCC2)cc1)OCC(=O)c1ccccc1Br. The predicted octanol–water partition coefficient (Wildman–Crippen LogP) is 3.98. The molecule has 2 aromatic carbocycles. The minimum atomic E-state index is -3.46. The van der Waals surface area contributed by atoms with Crippen LogP contribution in [0.15, 0.2) is 57.9 Å². The number of hydrogen-bond donors (Lipinski definition) is 0. The van der Waals surface area contributed by atoms with Gasteiger partial charge in [0.05, 0.1) is 4.90 Å². The van der Waals surface area contributed by atoms with E-state index in [2.05, 4.69) is 15.9 Å². The van der Waals surface area contributed by atoms with Gasteiger partial charge in [-0.2, -0.15) is 4.31 Å². The number of piperidine rings is 1. The molecule has 0 aliphatic carbocycles. The van der Waals surface area contributed by atoms with Crippen LogP contribution in [0.2, 0.25) is 0 Å². The molecule has 1 fully saturated rings. The molecule has 1 aliphatic rings. The van der Waals surface area contributed by atoms with Gasteiger partial charge in [-0.3, -0.25) is 9.59 Å². The van der Waals surface area contributed by atoms with Crippen molar-refractivity contribution in [3.63, 3.8) is 0 Å². The van der Waals surface area contributed by atoms with Crippen LogP contribution in [0.1, 0.15) is 41.6 Å². The van der Waals surface area contributed by atoms with Gasteiger partial charge < -0.3 is 4.74 Å². The van der Waals surface area contributed by atoms with Crippen LogP contribution in [0.4, 0.5) is 0 Å². The van der Waals surface area contributed by atoms with Crippen LogP contribution >= 0.6 is 15.9 Å². The van der Waals surface area contributed by atoms with Crippen molar-refractivity contribution in [1.29, 1.82) is 0 Å². The molecule has 30 heavy (non-hydrogen) atoms. The average Bonchev–Trinajstić information content (AvgIpc) is 2.77. The Labute approximate surface area is 185 Å². The lowest BCUT2D eigenvalue weighted by Gasteiger charge is -2.25. The number of Topliss-reactive ketones (excluding diaryl/α,β-unsaturated/α-hetero) is 1. The lowest BCUT2D eigenvalue weighted by molar-refractivity contribution is -0.142. The van der Waals surface area contributed by atoms with E-state index in [0.717, 1.165) is 24.8 Å². The fourth-order valence-electron chi connectivity index (χ4n) is 3.31. The van der Waals surface area contributed by atoms with Crippen molar-refractivity contribution in [2.45, 2.75) is 37.0 Å². The third-order valence-corrected chi connectivity index (χ3v) is 7.64. The van der Waals surface area contributed by atoms with Gasteiger partial charge in [-0.15, -0.1) is 0 Å². The number of halogens is 1. The molecule has 1 heterocycles. The molecule has 8 heteroatoms. The van der Waals surface area contributed by atoms with Crippen molar-refractivity contribution in [3.8, 4) is 0 Å². The Morgan fingerprint density at radius 1 is 0.967 bits per heavy atom. The van der Waals surface area contributed by atoms with Crippen LogP contribution in [0.3, 0.4) is 0 Å². The summed E-state index contributed by atoms with van der Waals surface area (Å²) in [4.78, 5) is 24.4. The van der Waals surface area contributed by atoms with Crippen LogP contribution in [0.5, 0.6) is 0 Å². The predicted molar refractivity (Wildman–Crippen MR) is 117 cm³/mol. The Kier molecular flexibility index (Phi) is 7.80. The average molecular weight is 494 g/mol. The van der Waals surface area contributed by atoms with Crippen LogP contribution in [0, 0.1) is 0 Å². The van der Waals surface area contributed by atoms with E-state index in [4.69, 9.17) is 4.74 Å². The summed E-state index contributed by atoms with van der Waals surface area (Å²) in [7, 11) is -3.46. The first-order valence-corrected chi connectivity index (χ1v) is 12.1. The highest BCUT2D eigenvalue weighted by molar-refractivity contribution is 9.10. The number of ether oxygens (including phenoxy) is 1. The molecule has 0 atom stereocenters. The fourth-order valence-corrected chi connectivity index (χ4v) is 5.34. The van der Waals surface area contributed by atoms with Gasteiger partial charge in [0.2, 0.25) is 15.8 Å². The summed E-state index contributed by atoms with van der Waals surface area (Å²) < 4.78 is 32.6.